The number of para-hydroxylation sites is 4. The average molecular weight is 652 g/mol. The fourth-order valence-electron chi connectivity index (χ4n) is 7.80. The molecule has 0 aliphatic rings. The molecule has 11 rings (SSSR count). The largest absolute Gasteiger partial charge is 0.295 e. The number of aromatic nitrogens is 5. The number of benzene rings is 4. The summed E-state index contributed by atoms with van der Waals surface area (Å²) in [5.74, 6) is 0.879. The zero-order valence-corrected chi connectivity index (χ0v) is 27.1. The molecule has 7 heterocycles. The second-order valence-electron chi connectivity index (χ2n) is 12.1. The van der Waals surface area contributed by atoms with Crippen LogP contribution >= 0.6 is 22.7 Å². The fourth-order valence-corrected chi connectivity index (χ4v) is 9.29. The molecule has 0 bridgehead atoms. The van der Waals surface area contributed by atoms with Crippen LogP contribution < -0.4 is 0 Å². The third-order valence-electron chi connectivity index (χ3n) is 9.62. The van der Waals surface area contributed by atoms with Crippen molar-refractivity contribution in [1.82, 2.24) is 23.3 Å². The highest BCUT2D eigenvalue weighted by molar-refractivity contribution is 7.12. The maximum Gasteiger partial charge on any atom is 0.140 e. The van der Waals surface area contributed by atoms with Crippen molar-refractivity contribution < 1.29 is 0 Å². The molecule has 0 atom stereocenters. The Balaban J connectivity index is 1.28. The highest BCUT2D eigenvalue weighted by Crippen LogP contribution is 2.43. The van der Waals surface area contributed by atoms with Crippen molar-refractivity contribution in [3.8, 4) is 21.5 Å². The Labute approximate surface area is 282 Å². The number of rotatable bonds is 4. The average Bonchev–Trinajstić information content (AvgIpc) is 3.98. The molecule has 0 radical (unpaired) electrons. The third kappa shape index (κ3) is 3.41. The Bertz CT molecular complexity index is 2800. The molecule has 0 amide bonds. The predicted octanol–water partition coefficient (Wildman–Crippen LogP) is 11.3. The van der Waals surface area contributed by atoms with Crippen LogP contribution in [0.15, 0.2) is 150 Å². The van der Waals surface area contributed by atoms with Crippen LogP contribution in [0.25, 0.3) is 87.2 Å². The molecule has 7 aromatic heterocycles. The van der Waals surface area contributed by atoms with Gasteiger partial charge in [0, 0.05) is 44.6 Å². The summed E-state index contributed by atoms with van der Waals surface area (Å²) in [5.41, 5.74) is 8.06. The van der Waals surface area contributed by atoms with Gasteiger partial charge in [-0.25, -0.2) is 4.98 Å². The monoisotopic (exact) mass is 651 g/mol. The number of hydrogen-bond acceptors (Lipinski definition) is 3. The standard InChI is InChI=1S/C41H25N5S2/c1-5-15-31-27(11-1)38-29-13-3-7-17-33(29)45(36-19-9-23-47-36)40(38)43(31)26-21-22-42-35(25-26)44-32-16-6-2-12-28(32)39-30-14-4-8-18-34(30)46(41(39)44)37-20-10-24-48-37/h1-25H. The first-order valence-electron chi connectivity index (χ1n) is 16.0. The van der Waals surface area contributed by atoms with Gasteiger partial charge in [0.1, 0.15) is 27.1 Å². The molecule has 0 N–H and O–H groups in total. The minimum atomic E-state index is 0.879. The number of fused-ring (bicyclic) bond motifs is 10. The summed E-state index contributed by atoms with van der Waals surface area (Å²) in [6, 6.07) is 48.1. The van der Waals surface area contributed by atoms with Crippen LogP contribution in [-0.4, -0.2) is 23.3 Å². The molecule has 0 saturated heterocycles. The first kappa shape index (κ1) is 26.2. The lowest BCUT2D eigenvalue weighted by Crippen LogP contribution is -2.05. The molecule has 7 heteroatoms. The van der Waals surface area contributed by atoms with E-state index in [1.54, 1.807) is 22.7 Å². The molecule has 0 unspecified atom stereocenters. The Kier molecular flexibility index (Phi) is 5.36. The van der Waals surface area contributed by atoms with Crippen LogP contribution in [0.4, 0.5) is 0 Å². The Morgan fingerprint density at radius 2 is 0.854 bits per heavy atom. The Morgan fingerprint density at radius 3 is 1.33 bits per heavy atom. The van der Waals surface area contributed by atoms with Gasteiger partial charge in [-0.2, -0.15) is 0 Å². The van der Waals surface area contributed by atoms with Gasteiger partial charge in [-0.3, -0.25) is 18.3 Å². The van der Waals surface area contributed by atoms with Crippen LogP contribution in [0.5, 0.6) is 0 Å². The van der Waals surface area contributed by atoms with Crippen LogP contribution in [0.2, 0.25) is 0 Å². The molecule has 0 aliphatic carbocycles. The number of nitrogens with zero attached hydrogens (tertiary/aromatic N) is 5. The number of hydrogen-bond donors (Lipinski definition) is 0. The summed E-state index contributed by atoms with van der Waals surface area (Å²) in [4.78, 5) is 5.09. The normalized spacial score (nSPS) is 12.2. The number of thiophene rings is 2. The molecule has 226 valence electrons. The predicted molar refractivity (Wildman–Crippen MR) is 202 cm³/mol. The summed E-state index contributed by atoms with van der Waals surface area (Å²) < 4.78 is 9.60. The fraction of sp³-hybridized carbons (Fsp3) is 0. The van der Waals surface area contributed by atoms with Gasteiger partial charge in [0.2, 0.25) is 0 Å². The van der Waals surface area contributed by atoms with Crippen molar-refractivity contribution in [1.29, 1.82) is 0 Å². The van der Waals surface area contributed by atoms with E-state index in [9.17, 15) is 0 Å². The van der Waals surface area contributed by atoms with E-state index in [0.717, 1.165) is 28.3 Å². The molecule has 0 aliphatic heterocycles. The summed E-state index contributed by atoms with van der Waals surface area (Å²) in [6.45, 7) is 0. The van der Waals surface area contributed by atoms with E-state index >= 15 is 0 Å². The quantitative estimate of drug-likeness (QED) is 0.186. The van der Waals surface area contributed by atoms with E-state index in [-0.39, 0.29) is 0 Å². The Morgan fingerprint density at radius 1 is 0.417 bits per heavy atom. The van der Waals surface area contributed by atoms with E-state index in [1.165, 1.54) is 58.9 Å². The van der Waals surface area contributed by atoms with Crippen LogP contribution in [-0.2, 0) is 0 Å². The second-order valence-corrected chi connectivity index (χ2v) is 13.9. The lowest BCUT2D eigenvalue weighted by Gasteiger charge is -2.14. The maximum atomic E-state index is 5.09. The summed E-state index contributed by atoms with van der Waals surface area (Å²) >= 11 is 3.52. The molecule has 11 aromatic rings. The Hall–Kier alpha value is -5.89. The van der Waals surface area contributed by atoms with E-state index in [4.69, 9.17) is 4.98 Å². The van der Waals surface area contributed by atoms with E-state index in [2.05, 4.69) is 162 Å². The first-order chi connectivity index (χ1) is 23.9. The van der Waals surface area contributed by atoms with Crippen molar-refractivity contribution in [2.24, 2.45) is 0 Å². The van der Waals surface area contributed by atoms with Gasteiger partial charge in [-0.1, -0.05) is 72.8 Å². The van der Waals surface area contributed by atoms with Gasteiger partial charge in [0.05, 0.1) is 27.8 Å². The van der Waals surface area contributed by atoms with Crippen molar-refractivity contribution in [2.75, 3.05) is 0 Å². The molecule has 48 heavy (non-hydrogen) atoms. The van der Waals surface area contributed by atoms with E-state index in [0.29, 0.717) is 0 Å². The topological polar surface area (TPSA) is 32.6 Å². The molecule has 0 fully saturated rings. The lowest BCUT2D eigenvalue weighted by atomic mass is 10.1. The molecule has 4 aromatic carbocycles. The van der Waals surface area contributed by atoms with Gasteiger partial charge in [-0.05, 0) is 65.4 Å². The van der Waals surface area contributed by atoms with Gasteiger partial charge >= 0.3 is 0 Å². The highest BCUT2D eigenvalue weighted by atomic mass is 32.1. The van der Waals surface area contributed by atoms with Gasteiger partial charge < -0.3 is 0 Å². The zero-order valence-electron chi connectivity index (χ0n) is 25.5. The maximum absolute atomic E-state index is 5.09. The van der Waals surface area contributed by atoms with Crippen LogP contribution in [0.3, 0.4) is 0 Å². The van der Waals surface area contributed by atoms with Crippen molar-refractivity contribution >= 4 is 88.4 Å². The third-order valence-corrected chi connectivity index (χ3v) is 11.3. The second kappa shape index (κ2) is 9.81. The first-order valence-corrected chi connectivity index (χ1v) is 17.7. The molecule has 5 nitrogen and oxygen atoms in total. The van der Waals surface area contributed by atoms with E-state index < -0.39 is 0 Å². The van der Waals surface area contributed by atoms with Crippen molar-refractivity contribution in [3.63, 3.8) is 0 Å². The number of pyridine rings is 1. The molecular formula is C41H25N5S2. The zero-order chi connectivity index (χ0) is 31.3. The SMILES string of the molecule is c1csc(-n2c3ccccc3c3c4ccccc4n(-c4ccnc(-n5c6ccccc6c6c7ccccc7n(-c7cccs7)c65)c4)c32)c1. The molecular weight excluding hydrogens is 627 g/mol. The van der Waals surface area contributed by atoms with Crippen LogP contribution in [0.1, 0.15) is 0 Å². The lowest BCUT2D eigenvalue weighted by molar-refractivity contribution is 1.01. The summed E-state index contributed by atoms with van der Waals surface area (Å²) in [7, 11) is 0. The minimum absolute atomic E-state index is 0.879. The summed E-state index contributed by atoms with van der Waals surface area (Å²) in [6.07, 6.45) is 1.96. The molecule has 0 saturated carbocycles. The smallest absolute Gasteiger partial charge is 0.140 e. The highest BCUT2D eigenvalue weighted by Gasteiger charge is 2.25. The van der Waals surface area contributed by atoms with Gasteiger partial charge in [-0.15, -0.1) is 22.7 Å². The van der Waals surface area contributed by atoms with Crippen molar-refractivity contribution in [3.05, 3.63) is 150 Å². The van der Waals surface area contributed by atoms with Crippen LogP contribution in [0, 0.1) is 0 Å². The minimum Gasteiger partial charge on any atom is -0.295 e. The summed E-state index contributed by atoms with van der Waals surface area (Å²) in [5, 5.41) is 14.1. The molecule has 0 spiro atoms. The van der Waals surface area contributed by atoms with Gasteiger partial charge in [0.25, 0.3) is 0 Å². The van der Waals surface area contributed by atoms with Gasteiger partial charge in [0.15, 0.2) is 0 Å². The van der Waals surface area contributed by atoms with E-state index in [1.807, 2.05) is 6.20 Å². The van der Waals surface area contributed by atoms with Crippen molar-refractivity contribution in [2.45, 2.75) is 0 Å².